The maximum atomic E-state index is 12.7. The molecule has 1 amide bonds. The highest BCUT2D eigenvalue weighted by Crippen LogP contribution is 2.29. The number of carbonyl (C=O) groups excluding carboxylic acids is 1. The summed E-state index contributed by atoms with van der Waals surface area (Å²) in [5.74, 6) is 0.711. The van der Waals surface area contributed by atoms with E-state index in [1.807, 2.05) is 20.8 Å². The van der Waals surface area contributed by atoms with Crippen molar-refractivity contribution in [2.75, 3.05) is 6.54 Å². The van der Waals surface area contributed by atoms with Gasteiger partial charge in [0.15, 0.2) is 11.5 Å². The number of pyridine rings is 1. The van der Waals surface area contributed by atoms with Gasteiger partial charge in [-0.15, -0.1) is 0 Å². The van der Waals surface area contributed by atoms with E-state index >= 15 is 0 Å². The number of carbonyl (C=O) groups is 1. The lowest BCUT2D eigenvalue weighted by Crippen LogP contribution is -2.34. The molecular formula is C20H24N6O4. The summed E-state index contributed by atoms with van der Waals surface area (Å²) < 4.78 is 6.99. The van der Waals surface area contributed by atoms with Gasteiger partial charge in [0, 0.05) is 31.1 Å². The van der Waals surface area contributed by atoms with E-state index in [0.717, 1.165) is 5.69 Å². The predicted molar refractivity (Wildman–Crippen MR) is 109 cm³/mol. The first-order valence-electron chi connectivity index (χ1n) is 10.2. The number of nitrogens with one attached hydrogen (secondary N) is 2. The molecule has 10 nitrogen and oxygen atoms in total. The number of rotatable bonds is 5. The van der Waals surface area contributed by atoms with Crippen LogP contribution in [0.15, 0.2) is 20.2 Å². The normalized spacial score (nSPS) is 16.9. The molecule has 1 atom stereocenters. The van der Waals surface area contributed by atoms with E-state index in [1.165, 1.54) is 4.57 Å². The molecule has 1 unspecified atom stereocenters. The highest BCUT2D eigenvalue weighted by atomic mass is 16.5. The van der Waals surface area contributed by atoms with Gasteiger partial charge in [0.1, 0.15) is 0 Å². The number of piperidine rings is 1. The van der Waals surface area contributed by atoms with Crippen molar-refractivity contribution < 1.29 is 9.32 Å². The van der Waals surface area contributed by atoms with Gasteiger partial charge in [-0.3, -0.25) is 19.1 Å². The summed E-state index contributed by atoms with van der Waals surface area (Å²) >= 11 is 0. The molecule has 0 saturated carbocycles. The van der Waals surface area contributed by atoms with Crippen LogP contribution in [0.3, 0.4) is 0 Å². The van der Waals surface area contributed by atoms with Gasteiger partial charge >= 0.3 is 5.69 Å². The fourth-order valence-corrected chi connectivity index (χ4v) is 3.65. The first kappa shape index (κ1) is 20.0. The second-order valence-electron chi connectivity index (χ2n) is 7.86. The molecule has 30 heavy (non-hydrogen) atoms. The van der Waals surface area contributed by atoms with E-state index in [0.29, 0.717) is 49.4 Å². The van der Waals surface area contributed by atoms with Crippen molar-refractivity contribution in [2.24, 2.45) is 0 Å². The van der Waals surface area contributed by atoms with Gasteiger partial charge in [-0.25, -0.2) is 9.78 Å². The number of aromatic amines is 1. The maximum Gasteiger partial charge on any atom is 0.329 e. The van der Waals surface area contributed by atoms with Gasteiger partial charge < -0.3 is 9.84 Å². The predicted octanol–water partition coefficient (Wildman–Crippen LogP) is 1.66. The Morgan fingerprint density at radius 1 is 1.27 bits per heavy atom. The number of hydrogen-bond acceptors (Lipinski definition) is 7. The molecule has 1 aliphatic rings. The Labute approximate surface area is 171 Å². The van der Waals surface area contributed by atoms with Crippen molar-refractivity contribution in [3.63, 3.8) is 0 Å². The van der Waals surface area contributed by atoms with Gasteiger partial charge in [0.2, 0.25) is 5.91 Å². The molecule has 3 aromatic rings. The smallest absolute Gasteiger partial charge is 0.329 e. The van der Waals surface area contributed by atoms with Crippen LogP contribution >= 0.6 is 0 Å². The van der Waals surface area contributed by atoms with Crippen LogP contribution in [0.5, 0.6) is 0 Å². The van der Waals surface area contributed by atoms with Crippen LogP contribution in [0.1, 0.15) is 63.4 Å². The van der Waals surface area contributed by atoms with Crippen molar-refractivity contribution >= 4 is 16.9 Å². The molecule has 0 bridgehead atoms. The van der Waals surface area contributed by atoms with E-state index < -0.39 is 11.2 Å². The molecule has 0 spiro atoms. The monoisotopic (exact) mass is 412 g/mol. The molecule has 4 rings (SSSR count). The molecule has 10 heteroatoms. The van der Waals surface area contributed by atoms with E-state index in [1.54, 1.807) is 6.07 Å². The highest BCUT2D eigenvalue weighted by Gasteiger charge is 2.26. The summed E-state index contributed by atoms with van der Waals surface area (Å²) in [6.07, 6.45) is 1.75. The molecule has 0 aliphatic carbocycles. The molecular weight excluding hydrogens is 388 g/mol. The molecule has 3 aromatic heterocycles. The fraction of sp³-hybridized carbons (Fsp3) is 0.500. The highest BCUT2D eigenvalue weighted by molar-refractivity contribution is 5.90. The summed E-state index contributed by atoms with van der Waals surface area (Å²) in [7, 11) is 0. The number of nitrogens with zero attached hydrogens (tertiary/aromatic N) is 4. The molecule has 1 fully saturated rings. The maximum absolute atomic E-state index is 12.7. The Hall–Kier alpha value is -3.30. The number of amides is 1. The lowest BCUT2D eigenvalue weighted by molar-refractivity contribution is -0.122. The third-order valence-electron chi connectivity index (χ3n) is 5.31. The third kappa shape index (κ3) is 3.53. The third-order valence-corrected chi connectivity index (χ3v) is 5.31. The summed E-state index contributed by atoms with van der Waals surface area (Å²) in [6, 6.07) is 1.77. The fourth-order valence-electron chi connectivity index (χ4n) is 3.65. The minimum atomic E-state index is -0.537. The van der Waals surface area contributed by atoms with Crippen LogP contribution in [-0.4, -0.2) is 37.1 Å². The van der Waals surface area contributed by atoms with Gasteiger partial charge in [-0.05, 0) is 24.8 Å². The SMILES string of the molecule is CCCn1c(=O)[nH]c(=O)c2c(-c3nc(C4CCC(=O)NC4)no3)cc(C(C)C)nc21. The van der Waals surface area contributed by atoms with Crippen molar-refractivity contribution in [1.82, 2.24) is 30.0 Å². The lowest BCUT2D eigenvalue weighted by Gasteiger charge is -2.18. The number of H-pyrrole nitrogens is 1. The van der Waals surface area contributed by atoms with E-state index in [4.69, 9.17) is 4.52 Å². The first-order valence-corrected chi connectivity index (χ1v) is 10.2. The van der Waals surface area contributed by atoms with Crippen molar-refractivity contribution in [1.29, 1.82) is 0 Å². The minimum Gasteiger partial charge on any atom is -0.355 e. The van der Waals surface area contributed by atoms with Crippen molar-refractivity contribution in [3.8, 4) is 11.5 Å². The molecule has 0 aromatic carbocycles. The van der Waals surface area contributed by atoms with Crippen LogP contribution in [-0.2, 0) is 11.3 Å². The van der Waals surface area contributed by atoms with Crippen molar-refractivity contribution in [3.05, 3.63) is 38.4 Å². The quantitative estimate of drug-likeness (QED) is 0.650. The topological polar surface area (TPSA) is 136 Å². The van der Waals surface area contributed by atoms with E-state index in [2.05, 4.69) is 25.4 Å². The van der Waals surface area contributed by atoms with Crippen LogP contribution in [0, 0.1) is 0 Å². The Balaban J connectivity index is 1.90. The standard InChI is InChI=1S/C20H24N6O4/c1-4-7-26-17-15(18(28)24-20(26)29)12(8-13(22-17)10(2)3)19-23-16(25-30-19)11-5-6-14(27)21-9-11/h8,10-11H,4-7,9H2,1-3H3,(H,21,27)(H,24,28,29). The first-order chi connectivity index (χ1) is 14.4. The van der Waals surface area contributed by atoms with Crippen LogP contribution in [0.4, 0.5) is 0 Å². The average molecular weight is 412 g/mol. The largest absolute Gasteiger partial charge is 0.355 e. The zero-order valence-electron chi connectivity index (χ0n) is 17.2. The zero-order chi connectivity index (χ0) is 21.4. The van der Waals surface area contributed by atoms with Gasteiger partial charge in [0.05, 0.1) is 10.9 Å². The van der Waals surface area contributed by atoms with E-state index in [-0.39, 0.29) is 29.0 Å². The van der Waals surface area contributed by atoms with Crippen LogP contribution in [0.25, 0.3) is 22.5 Å². The number of fused-ring (bicyclic) bond motifs is 1. The molecule has 1 aliphatic heterocycles. The molecule has 2 N–H and O–H groups in total. The number of hydrogen-bond donors (Lipinski definition) is 2. The number of aryl methyl sites for hydroxylation is 1. The lowest BCUT2D eigenvalue weighted by atomic mass is 9.98. The summed E-state index contributed by atoms with van der Waals surface area (Å²) in [5.41, 5.74) is 0.463. The Morgan fingerprint density at radius 3 is 2.73 bits per heavy atom. The number of aromatic nitrogens is 5. The Morgan fingerprint density at radius 2 is 2.07 bits per heavy atom. The second kappa shape index (κ2) is 7.85. The molecule has 158 valence electrons. The zero-order valence-corrected chi connectivity index (χ0v) is 17.2. The molecule has 1 saturated heterocycles. The summed E-state index contributed by atoms with van der Waals surface area (Å²) in [5, 5.41) is 7.15. The van der Waals surface area contributed by atoms with Crippen LogP contribution in [0.2, 0.25) is 0 Å². The second-order valence-corrected chi connectivity index (χ2v) is 7.86. The summed E-state index contributed by atoms with van der Waals surface area (Å²) in [6.45, 7) is 6.79. The minimum absolute atomic E-state index is 0.0112. The van der Waals surface area contributed by atoms with Gasteiger partial charge in [0.25, 0.3) is 11.4 Å². The van der Waals surface area contributed by atoms with Gasteiger partial charge in [-0.2, -0.15) is 4.98 Å². The Kier molecular flexibility index (Phi) is 5.23. The molecule has 4 heterocycles. The summed E-state index contributed by atoms with van der Waals surface area (Å²) in [4.78, 5) is 48.0. The van der Waals surface area contributed by atoms with Gasteiger partial charge in [-0.1, -0.05) is 25.9 Å². The van der Waals surface area contributed by atoms with E-state index in [9.17, 15) is 14.4 Å². The van der Waals surface area contributed by atoms with Crippen molar-refractivity contribution in [2.45, 2.75) is 58.4 Å². The Bertz CT molecular complexity index is 1210. The average Bonchev–Trinajstić information content (AvgIpc) is 3.20. The molecule has 0 radical (unpaired) electrons. The van der Waals surface area contributed by atoms with Crippen LogP contribution < -0.4 is 16.6 Å².